The first-order valence-electron chi connectivity index (χ1n) is 13.5. The second-order valence-electron chi connectivity index (χ2n) is 11.6. The summed E-state index contributed by atoms with van der Waals surface area (Å²) in [5, 5.41) is 0. The maximum Gasteiger partial charge on any atom is 0.170 e. The van der Waals surface area contributed by atoms with Gasteiger partial charge in [0.25, 0.3) is 0 Å². The lowest BCUT2D eigenvalue weighted by atomic mass is 10.2. The zero-order valence-electron chi connectivity index (χ0n) is 25.5. The van der Waals surface area contributed by atoms with Crippen molar-refractivity contribution in [2.24, 2.45) is 0 Å². The van der Waals surface area contributed by atoms with Crippen LogP contribution in [-0.4, -0.2) is 31.3 Å². The van der Waals surface area contributed by atoms with Crippen molar-refractivity contribution in [3.8, 4) is 17.2 Å². The van der Waals surface area contributed by atoms with Gasteiger partial charge in [0.2, 0.25) is 0 Å². The summed E-state index contributed by atoms with van der Waals surface area (Å²) in [6.45, 7) is 14.2. The molecule has 0 unspecified atom stereocenters. The van der Waals surface area contributed by atoms with Gasteiger partial charge in [-0.1, -0.05) is 23.8 Å². The van der Waals surface area contributed by atoms with Gasteiger partial charge in [-0.3, -0.25) is 0 Å². The van der Waals surface area contributed by atoms with Gasteiger partial charge in [0.1, 0.15) is 38.6 Å². The van der Waals surface area contributed by atoms with Gasteiger partial charge in [-0.25, -0.2) is 8.42 Å². The number of methoxy groups -OCH3 is 1. The molecule has 42 heavy (non-hydrogen) atoms. The van der Waals surface area contributed by atoms with Crippen LogP contribution in [0.4, 0.5) is 0 Å². The molecule has 4 rings (SSSR count). The third-order valence-corrected chi connectivity index (χ3v) is 8.62. The van der Waals surface area contributed by atoms with E-state index in [1.807, 2.05) is 19.1 Å². The van der Waals surface area contributed by atoms with Crippen LogP contribution in [0, 0.1) is 6.92 Å². The molecule has 8 heteroatoms. The predicted molar refractivity (Wildman–Crippen MR) is 168 cm³/mol. The minimum atomic E-state index is -4.27. The fourth-order valence-corrected chi connectivity index (χ4v) is 6.39. The fourth-order valence-electron chi connectivity index (χ4n) is 3.84. The van der Waals surface area contributed by atoms with Gasteiger partial charge in [0.15, 0.2) is 14.7 Å². The highest BCUT2D eigenvalue weighted by Gasteiger charge is 2.30. The summed E-state index contributed by atoms with van der Waals surface area (Å²) in [7, 11) is -2.85. The number of hydrogen-bond donors (Lipinski definition) is 0. The Kier molecular flexibility index (Phi) is 10.8. The van der Waals surface area contributed by atoms with Crippen molar-refractivity contribution in [1.29, 1.82) is 0 Å². The lowest BCUT2D eigenvalue weighted by Gasteiger charge is -2.21. The Morgan fingerprint density at radius 2 is 1.07 bits per heavy atom. The largest absolute Gasteiger partial charge is 0.744 e. The first-order chi connectivity index (χ1) is 19.5. The minimum absolute atomic E-state index is 0.178. The number of hydrogen-bond acceptors (Lipinski definition) is 6. The molecule has 0 aliphatic rings. The lowest BCUT2D eigenvalue weighted by Crippen LogP contribution is -2.23. The average Bonchev–Trinajstić information content (AvgIpc) is 2.89. The first kappa shape index (κ1) is 33.0. The maximum atomic E-state index is 10.4. The van der Waals surface area contributed by atoms with E-state index in [9.17, 15) is 13.0 Å². The van der Waals surface area contributed by atoms with Crippen LogP contribution in [0.3, 0.4) is 0 Å². The van der Waals surface area contributed by atoms with E-state index in [-0.39, 0.29) is 27.0 Å². The smallest absolute Gasteiger partial charge is 0.170 e. The zero-order chi connectivity index (χ0) is 31.1. The van der Waals surface area contributed by atoms with E-state index in [1.165, 1.54) is 26.8 Å². The van der Waals surface area contributed by atoms with E-state index >= 15 is 0 Å². The molecule has 224 valence electrons. The summed E-state index contributed by atoms with van der Waals surface area (Å²) >= 11 is 0. The van der Waals surface area contributed by atoms with Crippen LogP contribution >= 0.6 is 0 Å². The Morgan fingerprint density at radius 1 is 0.619 bits per heavy atom. The molecular weight excluding hydrogens is 569 g/mol. The molecule has 0 aliphatic carbocycles. The molecule has 0 radical (unpaired) electrons. The van der Waals surface area contributed by atoms with Crippen LogP contribution in [0.1, 0.15) is 47.1 Å². The van der Waals surface area contributed by atoms with Crippen LogP contribution in [0.2, 0.25) is 0 Å². The molecule has 0 heterocycles. The van der Waals surface area contributed by atoms with Crippen molar-refractivity contribution in [3.05, 3.63) is 103 Å². The highest BCUT2D eigenvalue weighted by atomic mass is 32.2. The lowest BCUT2D eigenvalue weighted by molar-refractivity contribution is 0.130. The SMILES string of the molecule is COc1cccc([S+](c2ccc(OC(C)(C)C)cc2)c2ccc(OC(C)(C)C)cc2)c1.Cc1ccc(S(=O)(=O)[O-])cc1. The molecule has 0 aromatic heterocycles. The van der Waals surface area contributed by atoms with Crippen LogP contribution in [0.25, 0.3) is 0 Å². The number of rotatable bonds is 7. The quantitative estimate of drug-likeness (QED) is 0.156. The Morgan fingerprint density at radius 3 is 1.45 bits per heavy atom. The second-order valence-corrected chi connectivity index (χ2v) is 15.0. The van der Waals surface area contributed by atoms with Crippen molar-refractivity contribution >= 4 is 21.0 Å². The third kappa shape index (κ3) is 10.4. The van der Waals surface area contributed by atoms with Gasteiger partial charge in [0, 0.05) is 6.07 Å². The van der Waals surface area contributed by atoms with Crippen LogP contribution < -0.4 is 14.2 Å². The monoisotopic (exact) mass is 608 g/mol. The van der Waals surface area contributed by atoms with Crippen LogP contribution in [0.15, 0.2) is 117 Å². The highest BCUT2D eigenvalue weighted by Crippen LogP contribution is 2.35. The Bertz CT molecular complexity index is 1470. The summed E-state index contributed by atoms with van der Waals surface area (Å²) < 4.78 is 48.7. The third-order valence-electron chi connectivity index (χ3n) is 5.55. The van der Waals surface area contributed by atoms with Gasteiger partial charge in [-0.05, 0) is 121 Å². The first-order valence-corrected chi connectivity index (χ1v) is 16.2. The molecule has 0 atom stereocenters. The van der Waals surface area contributed by atoms with E-state index in [0.717, 1.165) is 22.8 Å². The number of ether oxygens (including phenoxy) is 3. The van der Waals surface area contributed by atoms with E-state index in [2.05, 4.69) is 102 Å². The van der Waals surface area contributed by atoms with Crippen LogP contribution in [0.5, 0.6) is 17.2 Å². The van der Waals surface area contributed by atoms with Gasteiger partial charge in [-0.15, -0.1) is 0 Å². The molecule has 0 N–H and O–H groups in total. The van der Waals surface area contributed by atoms with E-state index in [0.29, 0.717) is 0 Å². The Labute approximate surface area is 253 Å². The molecule has 0 amide bonds. The maximum absolute atomic E-state index is 10.4. The molecule has 0 bridgehead atoms. The van der Waals surface area contributed by atoms with Gasteiger partial charge in [-0.2, -0.15) is 0 Å². The molecule has 6 nitrogen and oxygen atoms in total. The summed E-state index contributed by atoms with van der Waals surface area (Å²) in [5.41, 5.74) is 0.481. The number of benzene rings is 4. The standard InChI is InChI=1S/C27H33O3S.C7H8O3S/c1-26(2,3)29-20-11-15-23(16-12-20)31(25-10-8-9-22(19-25)28-7)24-17-13-21(14-18-24)30-27(4,5)6;1-6-2-4-7(5-3-6)11(8,9)10/h8-19H,1-7H3;2-5H,1H3,(H,8,9,10)/q+1;/p-1. The van der Waals surface area contributed by atoms with Crippen molar-refractivity contribution in [3.63, 3.8) is 0 Å². The predicted octanol–water partition coefficient (Wildman–Crippen LogP) is 8.04. The molecule has 0 saturated heterocycles. The minimum Gasteiger partial charge on any atom is -0.744 e. The van der Waals surface area contributed by atoms with Crippen LogP contribution in [-0.2, 0) is 21.0 Å². The summed E-state index contributed by atoms with van der Waals surface area (Å²) in [5.74, 6) is 2.61. The second kappa shape index (κ2) is 13.7. The normalized spacial score (nSPS) is 11.9. The summed E-state index contributed by atoms with van der Waals surface area (Å²) in [6, 6.07) is 30.9. The molecule has 4 aromatic rings. The fraction of sp³-hybridized carbons (Fsp3) is 0.294. The van der Waals surface area contributed by atoms with Crippen molar-refractivity contribution in [2.45, 2.75) is 79.3 Å². The van der Waals surface area contributed by atoms with E-state index in [4.69, 9.17) is 14.2 Å². The molecule has 0 spiro atoms. The Balaban J connectivity index is 0.000000369. The number of aryl methyl sites for hydroxylation is 1. The molecular formula is C34H40O6S2. The zero-order valence-corrected chi connectivity index (χ0v) is 27.1. The topological polar surface area (TPSA) is 84.9 Å². The Hall–Kier alpha value is -3.46. The van der Waals surface area contributed by atoms with Gasteiger partial charge < -0.3 is 18.8 Å². The van der Waals surface area contributed by atoms with E-state index in [1.54, 1.807) is 19.2 Å². The van der Waals surface area contributed by atoms with Gasteiger partial charge in [0.05, 0.1) is 22.9 Å². The molecule has 0 saturated carbocycles. The van der Waals surface area contributed by atoms with Crippen molar-refractivity contribution < 1.29 is 27.2 Å². The summed E-state index contributed by atoms with van der Waals surface area (Å²) in [6.07, 6.45) is 0. The highest BCUT2D eigenvalue weighted by molar-refractivity contribution is 7.97. The molecule has 0 aliphatic heterocycles. The van der Waals surface area contributed by atoms with Crippen molar-refractivity contribution in [1.82, 2.24) is 0 Å². The summed E-state index contributed by atoms with van der Waals surface area (Å²) in [4.78, 5) is 3.47. The van der Waals surface area contributed by atoms with Crippen molar-refractivity contribution in [2.75, 3.05) is 7.11 Å². The van der Waals surface area contributed by atoms with E-state index < -0.39 is 10.1 Å². The molecule has 0 fully saturated rings. The van der Waals surface area contributed by atoms with Gasteiger partial charge >= 0.3 is 0 Å². The average molecular weight is 609 g/mol. The molecule has 4 aromatic carbocycles.